The van der Waals surface area contributed by atoms with Crippen LogP contribution in [0, 0.1) is 0 Å². The van der Waals surface area contributed by atoms with Crippen LogP contribution in [0.2, 0.25) is 10.0 Å². The van der Waals surface area contributed by atoms with Crippen LogP contribution < -0.4 is 10.5 Å². The lowest BCUT2D eigenvalue weighted by molar-refractivity contribution is 0.567. The van der Waals surface area contributed by atoms with Crippen molar-refractivity contribution in [3.63, 3.8) is 0 Å². The van der Waals surface area contributed by atoms with E-state index >= 15 is 0 Å². The van der Waals surface area contributed by atoms with Crippen LogP contribution in [0.5, 0.6) is 0 Å². The standard InChI is InChI=1S/C14H14Cl2N2O2S/c1-9(10-3-2-4-11(15)7-10)18-21(19,20)12-5-6-14(17)13(16)8-12/h2-9,18H,17H2,1H3. The lowest BCUT2D eigenvalue weighted by Gasteiger charge is -2.15. The highest BCUT2D eigenvalue weighted by Crippen LogP contribution is 2.24. The van der Waals surface area contributed by atoms with Crippen molar-refractivity contribution in [2.24, 2.45) is 0 Å². The summed E-state index contributed by atoms with van der Waals surface area (Å²) in [5, 5.41) is 0.752. The summed E-state index contributed by atoms with van der Waals surface area (Å²) in [4.78, 5) is 0.0654. The van der Waals surface area contributed by atoms with Crippen molar-refractivity contribution in [3.8, 4) is 0 Å². The number of halogens is 2. The van der Waals surface area contributed by atoms with E-state index in [2.05, 4.69) is 4.72 Å². The fraction of sp³-hybridized carbons (Fsp3) is 0.143. The van der Waals surface area contributed by atoms with E-state index in [1.54, 1.807) is 31.2 Å². The molecule has 0 amide bonds. The van der Waals surface area contributed by atoms with Gasteiger partial charge in [0.1, 0.15) is 0 Å². The van der Waals surface area contributed by atoms with Crippen molar-refractivity contribution in [1.29, 1.82) is 0 Å². The molecule has 0 fully saturated rings. The number of nitrogens with two attached hydrogens (primary N) is 1. The zero-order valence-corrected chi connectivity index (χ0v) is 13.5. The van der Waals surface area contributed by atoms with Gasteiger partial charge in [-0.05, 0) is 42.8 Å². The average molecular weight is 345 g/mol. The minimum atomic E-state index is -3.69. The lowest BCUT2D eigenvalue weighted by Crippen LogP contribution is -2.26. The summed E-state index contributed by atoms with van der Waals surface area (Å²) in [7, 11) is -3.69. The number of benzene rings is 2. The molecule has 0 aliphatic heterocycles. The molecule has 0 radical (unpaired) electrons. The first kappa shape index (κ1) is 16.1. The highest BCUT2D eigenvalue weighted by molar-refractivity contribution is 7.89. The molecule has 0 bridgehead atoms. The van der Waals surface area contributed by atoms with E-state index in [0.717, 1.165) is 5.56 Å². The Kier molecular flexibility index (Phi) is 4.78. The van der Waals surface area contributed by atoms with Gasteiger partial charge in [-0.15, -0.1) is 0 Å². The molecule has 2 aromatic carbocycles. The van der Waals surface area contributed by atoms with Gasteiger partial charge in [-0.1, -0.05) is 35.3 Å². The van der Waals surface area contributed by atoms with Gasteiger partial charge in [0.15, 0.2) is 0 Å². The van der Waals surface area contributed by atoms with Crippen LogP contribution in [0.15, 0.2) is 47.4 Å². The van der Waals surface area contributed by atoms with Gasteiger partial charge in [-0.25, -0.2) is 13.1 Å². The van der Waals surface area contributed by atoms with Gasteiger partial charge in [-0.2, -0.15) is 0 Å². The van der Waals surface area contributed by atoms with Crippen molar-refractivity contribution in [3.05, 3.63) is 58.1 Å². The van der Waals surface area contributed by atoms with Crippen molar-refractivity contribution in [2.45, 2.75) is 17.9 Å². The number of anilines is 1. The van der Waals surface area contributed by atoms with E-state index < -0.39 is 16.1 Å². The smallest absolute Gasteiger partial charge is 0.241 e. The molecule has 112 valence electrons. The van der Waals surface area contributed by atoms with Crippen LogP contribution in [0.4, 0.5) is 5.69 Å². The molecule has 2 rings (SSSR count). The third kappa shape index (κ3) is 3.89. The molecule has 1 unspecified atom stereocenters. The summed E-state index contributed by atoms with van der Waals surface area (Å²) in [6.07, 6.45) is 0. The summed E-state index contributed by atoms with van der Waals surface area (Å²) in [6, 6.07) is 10.8. The molecule has 0 aliphatic carbocycles. The fourth-order valence-corrected chi connectivity index (χ4v) is 3.52. The zero-order chi connectivity index (χ0) is 15.6. The summed E-state index contributed by atoms with van der Waals surface area (Å²) >= 11 is 11.8. The number of nitrogen functional groups attached to an aromatic ring is 1. The van der Waals surface area contributed by atoms with Crippen LogP contribution >= 0.6 is 23.2 Å². The fourth-order valence-electron chi connectivity index (χ4n) is 1.82. The van der Waals surface area contributed by atoms with Gasteiger partial charge in [0, 0.05) is 11.1 Å². The van der Waals surface area contributed by atoms with E-state index in [1.807, 2.05) is 0 Å². The first-order chi connectivity index (χ1) is 9.79. The molecule has 21 heavy (non-hydrogen) atoms. The molecule has 1 atom stereocenters. The molecule has 0 saturated carbocycles. The minimum Gasteiger partial charge on any atom is -0.398 e. The first-order valence-electron chi connectivity index (χ1n) is 6.12. The maximum absolute atomic E-state index is 12.3. The number of hydrogen-bond donors (Lipinski definition) is 2. The number of rotatable bonds is 4. The quantitative estimate of drug-likeness (QED) is 0.832. The van der Waals surface area contributed by atoms with E-state index in [0.29, 0.717) is 10.7 Å². The topological polar surface area (TPSA) is 72.2 Å². The predicted molar refractivity (Wildman–Crippen MR) is 86.1 cm³/mol. The van der Waals surface area contributed by atoms with Crippen molar-refractivity contribution >= 4 is 38.9 Å². The summed E-state index contributed by atoms with van der Waals surface area (Å²) < 4.78 is 27.2. The van der Waals surface area contributed by atoms with Crippen molar-refractivity contribution in [2.75, 3.05) is 5.73 Å². The summed E-state index contributed by atoms with van der Waals surface area (Å²) in [5.41, 5.74) is 6.68. The van der Waals surface area contributed by atoms with Gasteiger partial charge in [0.2, 0.25) is 10.0 Å². The highest BCUT2D eigenvalue weighted by Gasteiger charge is 2.19. The van der Waals surface area contributed by atoms with E-state index in [-0.39, 0.29) is 9.92 Å². The third-order valence-electron chi connectivity index (χ3n) is 2.96. The Hall–Kier alpha value is -1.27. The largest absolute Gasteiger partial charge is 0.398 e. The molecule has 0 saturated heterocycles. The number of nitrogens with one attached hydrogen (secondary N) is 1. The molecule has 4 nitrogen and oxygen atoms in total. The van der Waals surface area contributed by atoms with E-state index in [9.17, 15) is 8.42 Å². The second kappa shape index (κ2) is 6.23. The van der Waals surface area contributed by atoms with Crippen LogP contribution in [0.1, 0.15) is 18.5 Å². The summed E-state index contributed by atoms with van der Waals surface area (Å²) in [6.45, 7) is 1.74. The Labute approximate surface area is 133 Å². The van der Waals surface area contributed by atoms with Gasteiger partial charge in [0.05, 0.1) is 15.6 Å². The Balaban J connectivity index is 2.26. The van der Waals surface area contributed by atoms with Gasteiger partial charge in [0.25, 0.3) is 0 Å². The van der Waals surface area contributed by atoms with Crippen LogP contribution in [0.25, 0.3) is 0 Å². The molecule has 0 spiro atoms. The zero-order valence-electron chi connectivity index (χ0n) is 11.2. The second-order valence-electron chi connectivity index (χ2n) is 4.58. The van der Waals surface area contributed by atoms with Crippen molar-refractivity contribution < 1.29 is 8.42 Å². The van der Waals surface area contributed by atoms with Crippen molar-refractivity contribution in [1.82, 2.24) is 4.72 Å². The molecule has 0 heterocycles. The lowest BCUT2D eigenvalue weighted by atomic mass is 10.1. The Bertz CT molecular complexity index is 763. The van der Waals surface area contributed by atoms with E-state index in [1.165, 1.54) is 18.2 Å². The molecule has 3 N–H and O–H groups in total. The predicted octanol–water partition coefficient (Wildman–Crippen LogP) is 3.62. The average Bonchev–Trinajstić information content (AvgIpc) is 2.41. The Morgan fingerprint density at radius 1 is 1.14 bits per heavy atom. The third-order valence-corrected chi connectivity index (χ3v) is 5.06. The van der Waals surface area contributed by atoms with Gasteiger partial charge in [-0.3, -0.25) is 0 Å². The number of hydrogen-bond acceptors (Lipinski definition) is 3. The van der Waals surface area contributed by atoms with Gasteiger partial charge < -0.3 is 5.73 Å². The Morgan fingerprint density at radius 2 is 1.86 bits per heavy atom. The normalized spacial score (nSPS) is 13.1. The summed E-state index contributed by atoms with van der Waals surface area (Å²) in [5.74, 6) is 0. The molecule has 7 heteroatoms. The first-order valence-corrected chi connectivity index (χ1v) is 8.36. The molecule has 0 aromatic heterocycles. The number of sulfonamides is 1. The monoisotopic (exact) mass is 344 g/mol. The molecular formula is C14H14Cl2N2O2S. The highest BCUT2D eigenvalue weighted by atomic mass is 35.5. The Morgan fingerprint density at radius 3 is 2.48 bits per heavy atom. The van der Waals surface area contributed by atoms with Crippen LogP contribution in [-0.2, 0) is 10.0 Å². The minimum absolute atomic E-state index is 0.0654. The molecular weight excluding hydrogens is 331 g/mol. The molecule has 0 aliphatic rings. The van der Waals surface area contributed by atoms with Gasteiger partial charge >= 0.3 is 0 Å². The second-order valence-corrected chi connectivity index (χ2v) is 7.14. The van der Waals surface area contributed by atoms with E-state index in [4.69, 9.17) is 28.9 Å². The SMILES string of the molecule is CC(NS(=O)(=O)c1ccc(N)c(Cl)c1)c1cccc(Cl)c1. The van der Waals surface area contributed by atoms with Crippen LogP contribution in [-0.4, -0.2) is 8.42 Å². The molecule has 2 aromatic rings. The van der Waals surface area contributed by atoms with Crippen LogP contribution in [0.3, 0.4) is 0 Å². The maximum Gasteiger partial charge on any atom is 0.241 e. The maximum atomic E-state index is 12.3.